The molecule has 8 nitrogen and oxygen atoms in total. The number of carbonyl (C=O) groups excluding carboxylic acids is 3. The van der Waals surface area contributed by atoms with E-state index < -0.39 is 17.8 Å². The lowest BCUT2D eigenvalue weighted by Crippen LogP contribution is -2.54. The molecule has 0 unspecified atom stereocenters. The van der Waals surface area contributed by atoms with E-state index in [0.717, 1.165) is 26.8 Å². The summed E-state index contributed by atoms with van der Waals surface area (Å²) in [7, 11) is 0. The first-order chi connectivity index (χ1) is 23.2. The second-order valence-corrected chi connectivity index (χ2v) is 12.4. The van der Waals surface area contributed by atoms with Crippen LogP contribution in [0.3, 0.4) is 0 Å². The first-order valence-electron chi connectivity index (χ1n) is 14.9. The molecule has 1 fully saturated rings. The number of carbonyl (C=O) groups is 3. The lowest BCUT2D eigenvalue weighted by atomic mass is 10.1. The molecule has 0 atom stereocenters. The summed E-state index contributed by atoms with van der Waals surface area (Å²) in [4.78, 5) is 40.2. The monoisotopic (exact) mass is 744 g/mol. The Morgan fingerprint density at radius 2 is 1.56 bits per heavy atom. The van der Waals surface area contributed by atoms with E-state index in [1.54, 1.807) is 54.6 Å². The molecule has 1 aliphatic heterocycles. The summed E-state index contributed by atoms with van der Waals surface area (Å²) in [6.07, 6.45) is 1.41. The molecule has 48 heavy (non-hydrogen) atoms. The van der Waals surface area contributed by atoms with Crippen LogP contribution in [0.2, 0.25) is 10.0 Å². The summed E-state index contributed by atoms with van der Waals surface area (Å²) in [6, 6.07) is 28.1. The number of fused-ring (bicyclic) bond motifs is 1. The Morgan fingerprint density at radius 1 is 0.812 bits per heavy atom. The van der Waals surface area contributed by atoms with Crippen LogP contribution in [-0.2, 0) is 22.8 Å². The summed E-state index contributed by atoms with van der Waals surface area (Å²) in [6.45, 7) is 2.67. The van der Waals surface area contributed by atoms with Gasteiger partial charge in [0, 0.05) is 15.6 Å². The van der Waals surface area contributed by atoms with Crippen LogP contribution in [0, 0.1) is 0 Å². The molecule has 1 saturated heterocycles. The van der Waals surface area contributed by atoms with E-state index >= 15 is 0 Å². The molecule has 0 aromatic heterocycles. The van der Waals surface area contributed by atoms with Crippen LogP contribution in [-0.4, -0.2) is 24.5 Å². The lowest BCUT2D eigenvalue weighted by Gasteiger charge is -2.26. The Bertz CT molecular complexity index is 2080. The number of barbiturate groups is 1. The fourth-order valence-electron chi connectivity index (χ4n) is 5.19. The number of nitrogens with one attached hydrogen (secondary N) is 1. The van der Waals surface area contributed by atoms with E-state index in [1.807, 2.05) is 49.4 Å². The van der Waals surface area contributed by atoms with Gasteiger partial charge in [-0.3, -0.25) is 14.9 Å². The molecule has 0 bridgehead atoms. The van der Waals surface area contributed by atoms with E-state index in [4.69, 9.17) is 37.4 Å². The summed E-state index contributed by atoms with van der Waals surface area (Å²) in [5.41, 5.74) is 2.26. The van der Waals surface area contributed by atoms with Gasteiger partial charge in [0.05, 0.1) is 16.8 Å². The number of urea groups is 1. The van der Waals surface area contributed by atoms with Crippen LogP contribution in [0.15, 0.2) is 107 Å². The average molecular weight is 746 g/mol. The minimum absolute atomic E-state index is 0.187. The minimum Gasteiger partial charge on any atom is -0.490 e. The smallest absolute Gasteiger partial charge is 0.335 e. The standard InChI is InChI=1S/C37H27BrCl2N2O6/c1-2-46-33-18-22(17-31(38)34(33)48-20-24-8-5-7-23-6-3-4-9-29(23)24)16-30-35(43)41-37(45)42(36(30)44)27-12-14-28(15-13-27)47-21-25-10-11-26(39)19-32(25)40/h3-19H,2,20-21H2,1H3,(H,41,43,45)/b30-16+. The maximum absolute atomic E-state index is 13.6. The Labute approximate surface area is 294 Å². The number of nitrogens with zero attached hydrogens (tertiary/aromatic N) is 1. The van der Waals surface area contributed by atoms with Crippen LogP contribution >= 0.6 is 39.1 Å². The molecule has 1 aliphatic rings. The molecule has 0 saturated carbocycles. The molecule has 242 valence electrons. The molecular formula is C37H27BrCl2N2O6. The first kappa shape index (κ1) is 33.1. The van der Waals surface area contributed by atoms with Gasteiger partial charge in [0.25, 0.3) is 11.8 Å². The number of benzene rings is 5. The van der Waals surface area contributed by atoms with Crippen molar-refractivity contribution in [3.05, 3.63) is 134 Å². The molecule has 0 aliphatic carbocycles. The number of ether oxygens (including phenoxy) is 3. The average Bonchev–Trinajstić information content (AvgIpc) is 3.06. The van der Waals surface area contributed by atoms with Gasteiger partial charge in [-0.1, -0.05) is 71.7 Å². The fourth-order valence-corrected chi connectivity index (χ4v) is 6.23. The second-order valence-electron chi connectivity index (χ2n) is 10.7. The van der Waals surface area contributed by atoms with E-state index in [9.17, 15) is 14.4 Å². The molecular weight excluding hydrogens is 719 g/mol. The van der Waals surface area contributed by atoms with Crippen LogP contribution in [0.1, 0.15) is 23.6 Å². The van der Waals surface area contributed by atoms with Gasteiger partial charge in [-0.25, -0.2) is 9.69 Å². The van der Waals surface area contributed by atoms with E-state index in [-0.39, 0.29) is 24.5 Å². The maximum atomic E-state index is 13.6. The third-order valence-corrected chi connectivity index (χ3v) is 8.68. The van der Waals surface area contributed by atoms with Crippen LogP contribution < -0.4 is 24.4 Å². The lowest BCUT2D eigenvalue weighted by molar-refractivity contribution is -0.122. The highest BCUT2D eigenvalue weighted by molar-refractivity contribution is 9.10. The first-order valence-corrected chi connectivity index (χ1v) is 16.4. The second kappa shape index (κ2) is 14.5. The van der Waals surface area contributed by atoms with Crippen LogP contribution in [0.25, 0.3) is 16.8 Å². The predicted octanol–water partition coefficient (Wildman–Crippen LogP) is 9.13. The number of amides is 4. The number of rotatable bonds is 10. The molecule has 5 aromatic carbocycles. The largest absolute Gasteiger partial charge is 0.490 e. The van der Waals surface area contributed by atoms with Crippen molar-refractivity contribution in [3.63, 3.8) is 0 Å². The Kier molecular flexibility index (Phi) is 10.0. The van der Waals surface area contributed by atoms with E-state index in [1.165, 1.54) is 6.08 Å². The van der Waals surface area contributed by atoms with E-state index in [2.05, 4.69) is 21.2 Å². The van der Waals surface area contributed by atoms with Crippen LogP contribution in [0.4, 0.5) is 10.5 Å². The molecule has 0 spiro atoms. The zero-order chi connectivity index (χ0) is 33.8. The number of halogens is 3. The van der Waals surface area contributed by atoms with Gasteiger partial charge in [0.2, 0.25) is 0 Å². The molecule has 4 amide bonds. The van der Waals surface area contributed by atoms with Gasteiger partial charge in [-0.15, -0.1) is 0 Å². The number of hydrogen-bond acceptors (Lipinski definition) is 6. The quantitative estimate of drug-likeness (QED) is 0.113. The molecule has 1 heterocycles. The van der Waals surface area contributed by atoms with Crippen molar-refractivity contribution in [1.29, 1.82) is 0 Å². The summed E-state index contributed by atoms with van der Waals surface area (Å²) < 4.78 is 18.5. The SMILES string of the molecule is CCOc1cc(/C=C2\C(=O)NC(=O)N(c3ccc(OCc4ccc(Cl)cc4Cl)cc3)C2=O)cc(Br)c1OCc1cccc2ccccc12. The van der Waals surface area contributed by atoms with Gasteiger partial charge in [-0.05, 0) is 99.4 Å². The van der Waals surface area contributed by atoms with Crippen LogP contribution in [0.5, 0.6) is 17.2 Å². The van der Waals surface area contributed by atoms with Crippen molar-refractivity contribution >= 4 is 79.5 Å². The van der Waals surface area contributed by atoms with Crippen molar-refractivity contribution < 1.29 is 28.6 Å². The molecule has 1 N–H and O–H groups in total. The maximum Gasteiger partial charge on any atom is 0.335 e. The number of anilines is 1. The van der Waals surface area contributed by atoms with Crippen molar-refractivity contribution in [2.24, 2.45) is 0 Å². The minimum atomic E-state index is -0.864. The molecule has 5 aromatic rings. The van der Waals surface area contributed by atoms with Gasteiger partial charge in [-0.2, -0.15) is 0 Å². The van der Waals surface area contributed by atoms with E-state index in [0.29, 0.717) is 43.9 Å². The summed E-state index contributed by atoms with van der Waals surface area (Å²) in [5, 5.41) is 5.44. The number of hydrogen-bond donors (Lipinski definition) is 1. The van der Waals surface area contributed by atoms with Crippen molar-refractivity contribution in [1.82, 2.24) is 5.32 Å². The zero-order valence-corrected chi connectivity index (χ0v) is 28.6. The normalized spacial score (nSPS) is 14.0. The van der Waals surface area contributed by atoms with Crippen molar-refractivity contribution in [2.45, 2.75) is 20.1 Å². The van der Waals surface area contributed by atoms with Crippen molar-refractivity contribution in [3.8, 4) is 17.2 Å². The Hall–Kier alpha value is -4.83. The Morgan fingerprint density at radius 3 is 2.33 bits per heavy atom. The van der Waals surface area contributed by atoms with Gasteiger partial charge in [0.15, 0.2) is 11.5 Å². The fraction of sp³-hybridized carbons (Fsp3) is 0.108. The third kappa shape index (κ3) is 7.18. The summed E-state index contributed by atoms with van der Waals surface area (Å²) in [5.74, 6) is -0.213. The molecule has 11 heteroatoms. The van der Waals surface area contributed by atoms with Crippen molar-refractivity contribution in [2.75, 3.05) is 11.5 Å². The molecule has 0 radical (unpaired) electrons. The number of imide groups is 2. The third-order valence-electron chi connectivity index (χ3n) is 7.50. The highest BCUT2D eigenvalue weighted by Crippen LogP contribution is 2.39. The summed E-state index contributed by atoms with van der Waals surface area (Å²) >= 11 is 15.8. The Balaban J connectivity index is 1.22. The van der Waals surface area contributed by atoms with Gasteiger partial charge < -0.3 is 14.2 Å². The zero-order valence-electron chi connectivity index (χ0n) is 25.5. The predicted molar refractivity (Wildman–Crippen MR) is 190 cm³/mol. The highest BCUT2D eigenvalue weighted by atomic mass is 79.9. The molecule has 6 rings (SSSR count). The van der Waals surface area contributed by atoms with Gasteiger partial charge in [0.1, 0.15) is 24.5 Å². The highest BCUT2D eigenvalue weighted by Gasteiger charge is 2.37. The topological polar surface area (TPSA) is 94.2 Å². The van der Waals surface area contributed by atoms with Gasteiger partial charge >= 0.3 is 6.03 Å².